The molecule has 2 nitrogen and oxygen atoms in total. The number of aryl methyl sites for hydroxylation is 1. The van der Waals surface area contributed by atoms with Crippen LogP contribution in [0.2, 0.25) is 0 Å². The molecule has 0 aromatic heterocycles. The highest BCUT2D eigenvalue weighted by molar-refractivity contribution is 9.10. The molecule has 1 N–H and O–H groups in total. The summed E-state index contributed by atoms with van der Waals surface area (Å²) in [5.74, 6) is 0.710. The van der Waals surface area contributed by atoms with Crippen LogP contribution in [0, 0.1) is 12.7 Å². The van der Waals surface area contributed by atoms with Crippen molar-refractivity contribution < 1.29 is 4.39 Å². The monoisotopic (exact) mass is 270 g/mol. The van der Waals surface area contributed by atoms with Crippen LogP contribution < -0.4 is 5.32 Å². The number of amidine groups is 1. The van der Waals surface area contributed by atoms with Crippen molar-refractivity contribution in [2.24, 2.45) is 4.99 Å². The van der Waals surface area contributed by atoms with E-state index in [0.717, 1.165) is 36.5 Å². The molecule has 0 aliphatic carbocycles. The number of nitrogens with one attached hydrogen (secondary N) is 1. The average Bonchev–Trinajstić information content (AvgIpc) is 2.67. The summed E-state index contributed by atoms with van der Waals surface area (Å²) in [7, 11) is 0. The molecule has 0 radical (unpaired) electrons. The molecular weight excluding hydrogens is 259 g/mol. The van der Waals surface area contributed by atoms with Gasteiger partial charge in [-0.25, -0.2) is 4.39 Å². The van der Waals surface area contributed by atoms with Crippen LogP contribution in [0.3, 0.4) is 0 Å². The zero-order valence-electron chi connectivity index (χ0n) is 8.48. The highest BCUT2D eigenvalue weighted by atomic mass is 79.9. The number of anilines is 1. The Kier molecular flexibility index (Phi) is 3.05. The lowest BCUT2D eigenvalue weighted by Crippen LogP contribution is -2.09. The quantitative estimate of drug-likeness (QED) is 0.830. The van der Waals surface area contributed by atoms with E-state index in [1.165, 1.54) is 6.07 Å². The first-order valence-corrected chi connectivity index (χ1v) is 5.72. The fourth-order valence-corrected chi connectivity index (χ4v) is 2.04. The molecule has 0 saturated carbocycles. The molecule has 0 saturated heterocycles. The zero-order valence-corrected chi connectivity index (χ0v) is 10.1. The lowest BCUT2D eigenvalue weighted by atomic mass is 10.2. The maximum Gasteiger partial charge on any atom is 0.139 e. The standard InChI is InChI=1S/C11H12BrFN2/c1-7-5-8(12)9(13)6-10(7)15-11-3-2-4-14-11/h5-6H,2-4H2,1H3,(H,14,15). The molecule has 2 rings (SSSR count). The number of halogens is 2. The highest BCUT2D eigenvalue weighted by Crippen LogP contribution is 2.24. The molecule has 1 aromatic carbocycles. The van der Waals surface area contributed by atoms with Crippen LogP contribution in [0.1, 0.15) is 18.4 Å². The Morgan fingerprint density at radius 3 is 2.93 bits per heavy atom. The van der Waals surface area contributed by atoms with Crippen LogP contribution in [0.15, 0.2) is 21.6 Å². The van der Waals surface area contributed by atoms with Crippen LogP contribution in [-0.2, 0) is 0 Å². The van der Waals surface area contributed by atoms with Gasteiger partial charge in [0.1, 0.15) is 11.7 Å². The number of hydrogen-bond donors (Lipinski definition) is 1. The average molecular weight is 271 g/mol. The predicted molar refractivity (Wildman–Crippen MR) is 64.0 cm³/mol. The van der Waals surface area contributed by atoms with Crippen molar-refractivity contribution >= 4 is 27.5 Å². The first-order valence-electron chi connectivity index (χ1n) is 4.93. The molecule has 0 amide bonds. The summed E-state index contributed by atoms with van der Waals surface area (Å²) in [5, 5.41) is 3.17. The summed E-state index contributed by atoms with van der Waals surface area (Å²) in [6.07, 6.45) is 2.04. The molecule has 1 aromatic rings. The number of nitrogens with zero attached hydrogens (tertiary/aromatic N) is 1. The van der Waals surface area contributed by atoms with Crippen molar-refractivity contribution in [2.45, 2.75) is 19.8 Å². The molecule has 1 aliphatic heterocycles. The van der Waals surface area contributed by atoms with E-state index in [1.807, 2.05) is 6.92 Å². The second-order valence-electron chi connectivity index (χ2n) is 3.64. The van der Waals surface area contributed by atoms with E-state index in [9.17, 15) is 4.39 Å². The van der Waals surface area contributed by atoms with E-state index in [-0.39, 0.29) is 5.82 Å². The van der Waals surface area contributed by atoms with Gasteiger partial charge in [0.05, 0.1) is 4.47 Å². The van der Waals surface area contributed by atoms with Crippen molar-refractivity contribution in [2.75, 3.05) is 11.9 Å². The maximum atomic E-state index is 13.3. The smallest absolute Gasteiger partial charge is 0.139 e. The fraction of sp³-hybridized carbons (Fsp3) is 0.364. The lowest BCUT2D eigenvalue weighted by molar-refractivity contribution is 0.621. The molecule has 15 heavy (non-hydrogen) atoms. The van der Waals surface area contributed by atoms with Gasteiger partial charge in [-0.1, -0.05) is 0 Å². The Labute approximate surface area is 96.7 Å². The van der Waals surface area contributed by atoms with Crippen LogP contribution >= 0.6 is 15.9 Å². The zero-order chi connectivity index (χ0) is 10.8. The van der Waals surface area contributed by atoms with Crippen molar-refractivity contribution in [3.05, 3.63) is 28.0 Å². The van der Waals surface area contributed by atoms with Gasteiger partial charge in [-0.3, -0.25) is 4.99 Å². The number of aliphatic imine (C=N–C) groups is 1. The van der Waals surface area contributed by atoms with Gasteiger partial charge in [0.15, 0.2) is 0 Å². The summed E-state index contributed by atoms with van der Waals surface area (Å²) < 4.78 is 13.8. The molecule has 1 heterocycles. The van der Waals surface area contributed by atoms with Gasteiger partial charge in [0.2, 0.25) is 0 Å². The Morgan fingerprint density at radius 2 is 2.27 bits per heavy atom. The van der Waals surface area contributed by atoms with Crippen LogP contribution in [-0.4, -0.2) is 12.4 Å². The number of rotatable bonds is 1. The van der Waals surface area contributed by atoms with Gasteiger partial charge < -0.3 is 5.32 Å². The van der Waals surface area contributed by atoms with Gasteiger partial charge in [-0.05, 0) is 47.0 Å². The highest BCUT2D eigenvalue weighted by Gasteiger charge is 2.09. The molecule has 1 aliphatic rings. The largest absolute Gasteiger partial charge is 0.344 e. The van der Waals surface area contributed by atoms with Gasteiger partial charge in [0.25, 0.3) is 0 Å². The number of benzene rings is 1. The minimum Gasteiger partial charge on any atom is -0.344 e. The van der Waals surface area contributed by atoms with Crippen molar-refractivity contribution in [3.8, 4) is 0 Å². The Hall–Kier alpha value is -0.900. The Balaban J connectivity index is 2.24. The number of hydrogen-bond acceptors (Lipinski definition) is 2. The van der Waals surface area contributed by atoms with Crippen LogP contribution in [0.25, 0.3) is 0 Å². The molecule has 0 unspecified atom stereocenters. The second-order valence-corrected chi connectivity index (χ2v) is 4.49. The third kappa shape index (κ3) is 2.37. The minimum absolute atomic E-state index is 0.248. The van der Waals surface area contributed by atoms with Gasteiger partial charge in [0, 0.05) is 18.7 Å². The van der Waals surface area contributed by atoms with E-state index in [2.05, 4.69) is 26.2 Å². The van der Waals surface area contributed by atoms with Crippen molar-refractivity contribution in [3.63, 3.8) is 0 Å². The molecule has 0 bridgehead atoms. The molecular formula is C11H12BrFN2. The Morgan fingerprint density at radius 1 is 1.47 bits per heavy atom. The van der Waals surface area contributed by atoms with Gasteiger partial charge >= 0.3 is 0 Å². The van der Waals surface area contributed by atoms with Crippen LogP contribution in [0.4, 0.5) is 10.1 Å². The molecule has 0 spiro atoms. The topological polar surface area (TPSA) is 24.4 Å². The van der Waals surface area contributed by atoms with E-state index in [1.54, 1.807) is 6.07 Å². The normalized spacial score (nSPS) is 15.3. The SMILES string of the molecule is Cc1cc(Br)c(F)cc1NC1=NCCC1. The molecule has 80 valence electrons. The predicted octanol–water partition coefficient (Wildman–Crippen LogP) is 3.50. The molecule has 4 heteroatoms. The van der Waals surface area contributed by atoms with Gasteiger partial charge in [-0.15, -0.1) is 0 Å². The summed E-state index contributed by atoms with van der Waals surface area (Å²) in [6.45, 7) is 2.82. The first-order chi connectivity index (χ1) is 7.16. The summed E-state index contributed by atoms with van der Waals surface area (Å²) in [5.41, 5.74) is 1.81. The lowest BCUT2D eigenvalue weighted by Gasteiger charge is -2.10. The summed E-state index contributed by atoms with van der Waals surface area (Å²) in [4.78, 5) is 4.30. The molecule has 0 atom stereocenters. The van der Waals surface area contributed by atoms with E-state index in [0.29, 0.717) is 4.47 Å². The molecule has 0 fully saturated rings. The maximum absolute atomic E-state index is 13.3. The second kappa shape index (κ2) is 4.31. The van der Waals surface area contributed by atoms with Crippen molar-refractivity contribution in [1.82, 2.24) is 0 Å². The minimum atomic E-state index is -0.248. The third-order valence-electron chi connectivity index (χ3n) is 2.42. The summed E-state index contributed by atoms with van der Waals surface area (Å²) >= 11 is 3.16. The van der Waals surface area contributed by atoms with Gasteiger partial charge in [-0.2, -0.15) is 0 Å². The van der Waals surface area contributed by atoms with E-state index < -0.39 is 0 Å². The fourth-order valence-electron chi connectivity index (χ4n) is 1.58. The first kappa shape index (κ1) is 10.6. The third-order valence-corrected chi connectivity index (χ3v) is 3.03. The Bertz CT molecular complexity index is 415. The van der Waals surface area contributed by atoms with Crippen LogP contribution in [0.5, 0.6) is 0 Å². The van der Waals surface area contributed by atoms with E-state index in [4.69, 9.17) is 0 Å². The van der Waals surface area contributed by atoms with Crippen molar-refractivity contribution in [1.29, 1.82) is 0 Å². The van der Waals surface area contributed by atoms with E-state index >= 15 is 0 Å². The summed E-state index contributed by atoms with van der Waals surface area (Å²) in [6, 6.07) is 3.27.